The number of rotatable bonds is 2. The second kappa shape index (κ2) is 6.17. The van der Waals surface area contributed by atoms with Crippen molar-refractivity contribution in [2.75, 3.05) is 18.0 Å². The van der Waals surface area contributed by atoms with E-state index in [4.69, 9.17) is 9.97 Å². The first-order chi connectivity index (χ1) is 13.4. The lowest BCUT2D eigenvalue weighted by atomic mass is 9.98. The Labute approximate surface area is 164 Å². The van der Waals surface area contributed by atoms with Crippen molar-refractivity contribution in [1.29, 1.82) is 0 Å². The fourth-order valence-corrected chi connectivity index (χ4v) is 4.41. The molecule has 5 heteroatoms. The van der Waals surface area contributed by atoms with Crippen LogP contribution in [0.5, 0.6) is 0 Å². The smallest absolute Gasteiger partial charge is 0.148 e. The molecule has 1 aliphatic heterocycles. The minimum absolute atomic E-state index is 0.693. The van der Waals surface area contributed by atoms with Gasteiger partial charge in [0.1, 0.15) is 17.1 Å². The van der Waals surface area contributed by atoms with Gasteiger partial charge in [0.05, 0.1) is 16.6 Å². The zero-order valence-corrected chi connectivity index (χ0v) is 16.7. The van der Waals surface area contributed by atoms with E-state index < -0.39 is 5.60 Å². The van der Waals surface area contributed by atoms with Gasteiger partial charge in [-0.25, -0.2) is 9.97 Å². The number of para-hydroxylation sites is 2. The molecule has 1 aliphatic rings. The number of anilines is 1. The third kappa shape index (κ3) is 2.73. The molecule has 0 bridgehead atoms. The molecule has 5 nitrogen and oxygen atoms in total. The van der Waals surface area contributed by atoms with Gasteiger partial charge in [0.15, 0.2) is 0 Å². The summed E-state index contributed by atoms with van der Waals surface area (Å²) in [5.41, 5.74) is 3.44. The van der Waals surface area contributed by atoms with Crippen molar-refractivity contribution in [3.05, 3.63) is 48.0 Å². The SMILES string of the molecule is C[C@H]1CCCN(c2ccc3cc(C(C)(C)O)c4nc5ccccc5n4c3n2)C1. The fourth-order valence-electron chi connectivity index (χ4n) is 4.41. The number of benzene rings is 1. The van der Waals surface area contributed by atoms with Crippen LogP contribution >= 0.6 is 0 Å². The maximum atomic E-state index is 10.8. The summed E-state index contributed by atoms with van der Waals surface area (Å²) in [6.07, 6.45) is 2.50. The van der Waals surface area contributed by atoms with Gasteiger partial charge in [-0.05, 0) is 62.9 Å². The number of hydrogen-bond donors (Lipinski definition) is 1. The van der Waals surface area contributed by atoms with E-state index in [0.717, 1.165) is 52.2 Å². The molecule has 0 radical (unpaired) electrons. The lowest BCUT2D eigenvalue weighted by molar-refractivity contribution is 0.0798. The van der Waals surface area contributed by atoms with Gasteiger partial charge in [0, 0.05) is 24.0 Å². The third-order valence-corrected chi connectivity index (χ3v) is 5.84. The number of hydrogen-bond acceptors (Lipinski definition) is 4. The van der Waals surface area contributed by atoms with Crippen molar-refractivity contribution in [1.82, 2.24) is 14.4 Å². The number of nitrogens with zero attached hydrogens (tertiary/aromatic N) is 4. The van der Waals surface area contributed by atoms with Crippen LogP contribution in [0.1, 0.15) is 39.2 Å². The predicted octanol–water partition coefficient (Wildman–Crippen LogP) is 4.50. The van der Waals surface area contributed by atoms with Crippen molar-refractivity contribution < 1.29 is 5.11 Å². The molecule has 1 saturated heterocycles. The molecule has 1 N–H and O–H groups in total. The minimum Gasteiger partial charge on any atom is -0.386 e. The maximum absolute atomic E-state index is 10.8. The zero-order valence-electron chi connectivity index (χ0n) is 16.7. The molecule has 4 aromatic rings. The van der Waals surface area contributed by atoms with Gasteiger partial charge in [0.25, 0.3) is 0 Å². The van der Waals surface area contributed by atoms with Crippen molar-refractivity contribution in [2.24, 2.45) is 5.92 Å². The Morgan fingerprint density at radius 3 is 2.68 bits per heavy atom. The molecular weight excluding hydrogens is 348 g/mol. The molecule has 28 heavy (non-hydrogen) atoms. The summed E-state index contributed by atoms with van der Waals surface area (Å²) >= 11 is 0. The first-order valence-corrected chi connectivity index (χ1v) is 10.1. The lowest BCUT2D eigenvalue weighted by Crippen LogP contribution is -2.34. The molecule has 4 heterocycles. The second-order valence-corrected chi connectivity index (χ2v) is 8.65. The lowest BCUT2D eigenvalue weighted by Gasteiger charge is -2.32. The summed E-state index contributed by atoms with van der Waals surface area (Å²) in [5.74, 6) is 1.71. The molecule has 0 aliphatic carbocycles. The quantitative estimate of drug-likeness (QED) is 0.561. The Hall–Kier alpha value is -2.66. The van der Waals surface area contributed by atoms with E-state index in [2.05, 4.69) is 34.4 Å². The topological polar surface area (TPSA) is 53.7 Å². The molecule has 5 rings (SSSR count). The van der Waals surface area contributed by atoms with Gasteiger partial charge in [-0.1, -0.05) is 19.1 Å². The van der Waals surface area contributed by atoms with Crippen LogP contribution in [0.3, 0.4) is 0 Å². The summed E-state index contributed by atoms with van der Waals surface area (Å²) in [4.78, 5) is 12.3. The van der Waals surface area contributed by atoms with Crippen LogP contribution in [0, 0.1) is 5.92 Å². The Balaban J connectivity index is 1.82. The van der Waals surface area contributed by atoms with Crippen molar-refractivity contribution >= 4 is 33.5 Å². The molecule has 3 aromatic heterocycles. The molecule has 0 saturated carbocycles. The van der Waals surface area contributed by atoms with E-state index in [-0.39, 0.29) is 0 Å². The van der Waals surface area contributed by atoms with E-state index in [9.17, 15) is 5.11 Å². The van der Waals surface area contributed by atoms with Crippen LogP contribution in [0.15, 0.2) is 42.5 Å². The van der Waals surface area contributed by atoms with Gasteiger partial charge in [0.2, 0.25) is 0 Å². The highest BCUT2D eigenvalue weighted by molar-refractivity contribution is 5.91. The summed E-state index contributed by atoms with van der Waals surface area (Å²) in [6.45, 7) is 8.03. The standard InChI is InChI=1S/C23H26N4O/c1-15-7-6-12-26(14-15)20-11-10-16-13-17(23(2,3)28)22-24-18-8-4-5-9-19(18)27(22)21(16)25-20/h4-5,8-11,13,15,28H,6-7,12,14H2,1-3H3/t15-/m0/s1. The average Bonchev–Trinajstić information content (AvgIpc) is 3.06. The Morgan fingerprint density at radius 1 is 1.07 bits per heavy atom. The van der Waals surface area contributed by atoms with E-state index in [0.29, 0.717) is 5.92 Å². The highest BCUT2D eigenvalue weighted by Crippen LogP contribution is 2.32. The van der Waals surface area contributed by atoms with Crippen LogP contribution in [0.25, 0.3) is 27.7 Å². The summed E-state index contributed by atoms with van der Waals surface area (Å²) in [5, 5.41) is 11.8. The van der Waals surface area contributed by atoms with Gasteiger partial charge in [-0.2, -0.15) is 0 Å². The van der Waals surface area contributed by atoms with E-state index >= 15 is 0 Å². The monoisotopic (exact) mass is 374 g/mol. The normalized spacial score (nSPS) is 18.4. The number of fused-ring (bicyclic) bond motifs is 5. The fraction of sp³-hybridized carbons (Fsp3) is 0.391. The molecule has 1 aromatic carbocycles. The highest BCUT2D eigenvalue weighted by Gasteiger charge is 2.25. The Morgan fingerprint density at radius 2 is 1.89 bits per heavy atom. The molecule has 0 unspecified atom stereocenters. The first kappa shape index (κ1) is 17.4. The number of imidazole rings is 1. The van der Waals surface area contributed by atoms with Crippen LogP contribution < -0.4 is 4.90 Å². The Bertz CT molecular complexity index is 1190. The number of aliphatic hydroxyl groups is 1. The van der Waals surface area contributed by atoms with Crippen molar-refractivity contribution in [2.45, 2.75) is 39.2 Å². The number of aromatic nitrogens is 3. The van der Waals surface area contributed by atoms with Crippen LogP contribution in [-0.2, 0) is 5.60 Å². The molecule has 0 amide bonds. The van der Waals surface area contributed by atoms with Crippen molar-refractivity contribution in [3.63, 3.8) is 0 Å². The average molecular weight is 374 g/mol. The van der Waals surface area contributed by atoms with Gasteiger partial charge in [-0.15, -0.1) is 0 Å². The summed E-state index contributed by atoms with van der Waals surface area (Å²) in [7, 11) is 0. The summed E-state index contributed by atoms with van der Waals surface area (Å²) in [6, 6.07) is 14.4. The Kier molecular flexibility index (Phi) is 3.85. The molecule has 1 fully saturated rings. The van der Waals surface area contributed by atoms with E-state index in [1.54, 1.807) is 0 Å². The van der Waals surface area contributed by atoms with Gasteiger partial charge in [-0.3, -0.25) is 4.40 Å². The predicted molar refractivity (Wildman–Crippen MR) is 114 cm³/mol. The molecular formula is C23H26N4O. The number of pyridine rings is 2. The molecule has 1 atom stereocenters. The summed E-state index contributed by atoms with van der Waals surface area (Å²) < 4.78 is 2.11. The largest absolute Gasteiger partial charge is 0.386 e. The van der Waals surface area contributed by atoms with Gasteiger partial charge >= 0.3 is 0 Å². The van der Waals surface area contributed by atoms with Crippen molar-refractivity contribution in [3.8, 4) is 0 Å². The van der Waals surface area contributed by atoms with Crippen LogP contribution in [-0.4, -0.2) is 32.6 Å². The maximum Gasteiger partial charge on any atom is 0.148 e. The van der Waals surface area contributed by atoms with Crippen LogP contribution in [0.2, 0.25) is 0 Å². The number of piperidine rings is 1. The van der Waals surface area contributed by atoms with Gasteiger partial charge < -0.3 is 10.0 Å². The van der Waals surface area contributed by atoms with E-state index in [1.807, 2.05) is 38.1 Å². The molecule has 0 spiro atoms. The minimum atomic E-state index is -0.988. The second-order valence-electron chi connectivity index (χ2n) is 8.65. The molecule has 144 valence electrons. The van der Waals surface area contributed by atoms with Crippen LogP contribution in [0.4, 0.5) is 5.82 Å². The highest BCUT2D eigenvalue weighted by atomic mass is 16.3. The zero-order chi connectivity index (χ0) is 19.5. The first-order valence-electron chi connectivity index (χ1n) is 10.1. The van der Waals surface area contributed by atoms with E-state index in [1.165, 1.54) is 12.8 Å². The third-order valence-electron chi connectivity index (χ3n) is 5.84.